The summed E-state index contributed by atoms with van der Waals surface area (Å²) >= 11 is 0. The standard InChI is InChI=1S/C9H12O3S/c1-7(10)8-4-3-5-9(6-8)13(2,11)12/h3-7,10H,1-2H3/t7-/m1/s1. The summed E-state index contributed by atoms with van der Waals surface area (Å²) in [6, 6.07) is 6.32. The van der Waals surface area contributed by atoms with E-state index in [2.05, 4.69) is 0 Å². The van der Waals surface area contributed by atoms with Crippen LogP contribution in [-0.4, -0.2) is 19.8 Å². The highest BCUT2D eigenvalue weighted by atomic mass is 32.2. The second kappa shape index (κ2) is 3.47. The number of aliphatic hydroxyl groups is 1. The molecule has 0 saturated heterocycles. The zero-order valence-electron chi connectivity index (χ0n) is 7.56. The SMILES string of the molecule is C[C@@H](O)c1cccc(S(C)(=O)=O)c1. The van der Waals surface area contributed by atoms with Gasteiger partial charge in [0.1, 0.15) is 0 Å². The van der Waals surface area contributed by atoms with Crippen molar-refractivity contribution in [2.45, 2.75) is 17.9 Å². The van der Waals surface area contributed by atoms with Gasteiger partial charge in [0.05, 0.1) is 11.0 Å². The maximum Gasteiger partial charge on any atom is 0.175 e. The first-order chi connectivity index (χ1) is 5.91. The molecule has 0 fully saturated rings. The van der Waals surface area contributed by atoms with Gasteiger partial charge in [-0.1, -0.05) is 12.1 Å². The second-order valence-corrected chi connectivity index (χ2v) is 5.04. The van der Waals surface area contributed by atoms with Gasteiger partial charge in [-0.15, -0.1) is 0 Å². The van der Waals surface area contributed by atoms with E-state index in [1.165, 1.54) is 12.1 Å². The molecule has 1 aromatic rings. The quantitative estimate of drug-likeness (QED) is 0.779. The molecule has 0 unspecified atom stereocenters. The van der Waals surface area contributed by atoms with E-state index in [0.29, 0.717) is 5.56 Å². The molecule has 3 nitrogen and oxygen atoms in total. The van der Waals surface area contributed by atoms with Crippen LogP contribution >= 0.6 is 0 Å². The maximum absolute atomic E-state index is 11.1. The van der Waals surface area contributed by atoms with E-state index in [1.54, 1.807) is 19.1 Å². The van der Waals surface area contributed by atoms with Crippen LogP contribution in [0.3, 0.4) is 0 Å². The maximum atomic E-state index is 11.1. The number of hydrogen-bond acceptors (Lipinski definition) is 3. The molecule has 13 heavy (non-hydrogen) atoms. The largest absolute Gasteiger partial charge is 0.389 e. The van der Waals surface area contributed by atoms with Crippen LogP contribution < -0.4 is 0 Å². The number of hydrogen-bond donors (Lipinski definition) is 1. The Bertz CT molecular complexity index is 393. The molecule has 0 radical (unpaired) electrons. The van der Waals surface area contributed by atoms with Gasteiger partial charge >= 0.3 is 0 Å². The molecule has 1 aromatic carbocycles. The predicted octanol–water partition coefficient (Wildman–Crippen LogP) is 1.14. The van der Waals surface area contributed by atoms with Gasteiger partial charge in [0.15, 0.2) is 9.84 Å². The molecule has 72 valence electrons. The lowest BCUT2D eigenvalue weighted by atomic mass is 10.1. The Hall–Kier alpha value is -0.870. The topological polar surface area (TPSA) is 54.4 Å². The van der Waals surface area contributed by atoms with Crippen molar-refractivity contribution in [2.75, 3.05) is 6.26 Å². The molecule has 0 spiro atoms. The van der Waals surface area contributed by atoms with E-state index >= 15 is 0 Å². The Morgan fingerprint density at radius 3 is 2.46 bits per heavy atom. The minimum atomic E-state index is -3.17. The molecule has 0 aliphatic carbocycles. The van der Waals surface area contributed by atoms with Gasteiger partial charge in [-0.2, -0.15) is 0 Å². The second-order valence-electron chi connectivity index (χ2n) is 3.02. The molecule has 0 aromatic heterocycles. The molecule has 0 amide bonds. The zero-order valence-corrected chi connectivity index (χ0v) is 8.38. The van der Waals surface area contributed by atoms with Crippen molar-refractivity contribution >= 4 is 9.84 Å². The summed E-state index contributed by atoms with van der Waals surface area (Å²) < 4.78 is 22.3. The Balaban J connectivity index is 3.21. The van der Waals surface area contributed by atoms with Crippen LogP contribution in [0, 0.1) is 0 Å². The van der Waals surface area contributed by atoms with E-state index in [1.807, 2.05) is 0 Å². The first-order valence-electron chi connectivity index (χ1n) is 3.89. The molecule has 0 heterocycles. The molecule has 0 aliphatic heterocycles. The molecular weight excluding hydrogens is 188 g/mol. The van der Waals surface area contributed by atoms with Crippen LogP contribution in [0.1, 0.15) is 18.6 Å². The minimum absolute atomic E-state index is 0.242. The van der Waals surface area contributed by atoms with Crippen molar-refractivity contribution in [3.8, 4) is 0 Å². The van der Waals surface area contributed by atoms with Crippen LogP contribution in [0.15, 0.2) is 29.2 Å². The molecule has 1 N–H and O–H groups in total. The molecule has 0 saturated carbocycles. The number of aliphatic hydroxyl groups excluding tert-OH is 1. The summed E-state index contributed by atoms with van der Waals surface area (Å²) in [7, 11) is -3.17. The van der Waals surface area contributed by atoms with Gasteiger partial charge in [0, 0.05) is 6.26 Å². The van der Waals surface area contributed by atoms with Crippen molar-refractivity contribution in [2.24, 2.45) is 0 Å². The molecule has 4 heteroatoms. The third-order valence-corrected chi connectivity index (χ3v) is 2.88. The average molecular weight is 200 g/mol. The van der Waals surface area contributed by atoms with Crippen molar-refractivity contribution in [3.63, 3.8) is 0 Å². The summed E-state index contributed by atoms with van der Waals surface area (Å²) in [5.74, 6) is 0. The lowest BCUT2D eigenvalue weighted by molar-refractivity contribution is 0.199. The average Bonchev–Trinajstić information content (AvgIpc) is 2.03. The lowest BCUT2D eigenvalue weighted by Gasteiger charge is -2.05. The third kappa shape index (κ3) is 2.54. The fourth-order valence-electron chi connectivity index (χ4n) is 1.01. The van der Waals surface area contributed by atoms with Gasteiger partial charge in [-0.25, -0.2) is 8.42 Å². The van der Waals surface area contributed by atoms with Gasteiger partial charge in [-0.05, 0) is 24.6 Å². The van der Waals surface area contributed by atoms with Gasteiger partial charge in [0.25, 0.3) is 0 Å². The molecular formula is C9H12O3S. The summed E-state index contributed by atoms with van der Waals surface area (Å²) in [5.41, 5.74) is 0.614. The normalized spacial score (nSPS) is 14.1. The van der Waals surface area contributed by atoms with Crippen molar-refractivity contribution < 1.29 is 13.5 Å². The molecule has 1 atom stereocenters. The van der Waals surface area contributed by atoms with Crippen molar-refractivity contribution in [1.29, 1.82) is 0 Å². The van der Waals surface area contributed by atoms with E-state index < -0.39 is 15.9 Å². The Kier molecular flexibility index (Phi) is 2.73. The Morgan fingerprint density at radius 2 is 2.00 bits per heavy atom. The number of sulfone groups is 1. The number of rotatable bonds is 2. The summed E-state index contributed by atoms with van der Waals surface area (Å²) in [5, 5.41) is 9.22. The summed E-state index contributed by atoms with van der Waals surface area (Å²) in [4.78, 5) is 0.242. The molecule has 1 rings (SSSR count). The Labute approximate surface area is 77.9 Å². The molecule has 0 aliphatic rings. The van der Waals surface area contributed by atoms with E-state index in [4.69, 9.17) is 0 Å². The van der Waals surface area contributed by atoms with Crippen LogP contribution in [-0.2, 0) is 9.84 Å². The Morgan fingerprint density at radius 1 is 1.38 bits per heavy atom. The monoisotopic (exact) mass is 200 g/mol. The van der Waals surface area contributed by atoms with E-state index in [9.17, 15) is 13.5 Å². The van der Waals surface area contributed by atoms with Crippen LogP contribution in [0.25, 0.3) is 0 Å². The first kappa shape index (κ1) is 10.2. The zero-order chi connectivity index (χ0) is 10.1. The first-order valence-corrected chi connectivity index (χ1v) is 5.78. The minimum Gasteiger partial charge on any atom is -0.389 e. The van der Waals surface area contributed by atoms with Gasteiger partial charge < -0.3 is 5.11 Å². The van der Waals surface area contributed by atoms with Crippen LogP contribution in [0.5, 0.6) is 0 Å². The van der Waals surface area contributed by atoms with E-state index in [-0.39, 0.29) is 4.90 Å². The fraction of sp³-hybridized carbons (Fsp3) is 0.333. The van der Waals surface area contributed by atoms with Gasteiger partial charge in [-0.3, -0.25) is 0 Å². The van der Waals surface area contributed by atoms with Gasteiger partial charge in [0.2, 0.25) is 0 Å². The molecule has 0 bridgehead atoms. The third-order valence-electron chi connectivity index (χ3n) is 1.77. The summed E-state index contributed by atoms with van der Waals surface area (Å²) in [6.45, 7) is 1.60. The van der Waals surface area contributed by atoms with Crippen LogP contribution in [0.2, 0.25) is 0 Å². The number of benzene rings is 1. The van der Waals surface area contributed by atoms with Crippen LogP contribution in [0.4, 0.5) is 0 Å². The van der Waals surface area contributed by atoms with Crippen molar-refractivity contribution in [3.05, 3.63) is 29.8 Å². The fourth-order valence-corrected chi connectivity index (χ4v) is 1.68. The van der Waals surface area contributed by atoms with Crippen molar-refractivity contribution in [1.82, 2.24) is 0 Å². The summed E-state index contributed by atoms with van der Waals surface area (Å²) in [6.07, 6.45) is 0.510. The smallest absolute Gasteiger partial charge is 0.175 e. The highest BCUT2D eigenvalue weighted by Crippen LogP contribution is 2.16. The highest BCUT2D eigenvalue weighted by Gasteiger charge is 2.08. The predicted molar refractivity (Wildman–Crippen MR) is 50.2 cm³/mol. The van der Waals surface area contributed by atoms with E-state index in [0.717, 1.165) is 6.26 Å². The lowest BCUT2D eigenvalue weighted by Crippen LogP contribution is -1.99. The highest BCUT2D eigenvalue weighted by molar-refractivity contribution is 7.90.